The van der Waals surface area contributed by atoms with Crippen molar-refractivity contribution in [3.8, 4) is 0 Å². The molecule has 1 N–H and O–H groups in total. The minimum Gasteiger partial charge on any atom is -0.464 e. The summed E-state index contributed by atoms with van der Waals surface area (Å²) in [6.07, 6.45) is -3.74. The van der Waals surface area contributed by atoms with Crippen LogP contribution in [0.15, 0.2) is 24.3 Å². The van der Waals surface area contributed by atoms with E-state index in [2.05, 4.69) is 4.74 Å². The molecule has 0 unspecified atom stereocenters. The number of hydrogen-bond donors (Lipinski definition) is 1. The van der Waals surface area contributed by atoms with Crippen LogP contribution in [-0.2, 0) is 23.8 Å². The zero-order valence-corrected chi connectivity index (χ0v) is 13.3. The normalized spacial score (nSPS) is 12.9. The summed E-state index contributed by atoms with van der Waals surface area (Å²) < 4.78 is 14.3. The summed E-state index contributed by atoms with van der Waals surface area (Å²) in [6.45, 7) is 4.96. The Morgan fingerprint density at radius 2 is 1.52 bits per heavy atom. The summed E-state index contributed by atoms with van der Waals surface area (Å²) in [5, 5.41) is 9.89. The number of aliphatic hydroxyl groups excluding tert-OH is 1. The van der Waals surface area contributed by atoms with Crippen LogP contribution in [0.3, 0.4) is 0 Å². The van der Waals surface area contributed by atoms with E-state index in [0.29, 0.717) is 0 Å². The van der Waals surface area contributed by atoms with Crippen LogP contribution in [0.4, 0.5) is 0 Å². The lowest BCUT2D eigenvalue weighted by molar-refractivity contribution is -0.172. The second-order valence-electron chi connectivity index (χ2n) is 4.64. The monoisotopic (exact) mass is 324 g/mol. The van der Waals surface area contributed by atoms with E-state index in [0.717, 1.165) is 5.56 Å². The van der Waals surface area contributed by atoms with Gasteiger partial charge in [0.05, 0.1) is 18.8 Å². The predicted octanol–water partition coefficient (Wildman–Crippen LogP) is 1.01. The highest BCUT2D eigenvalue weighted by Crippen LogP contribution is 2.11. The first-order valence-corrected chi connectivity index (χ1v) is 7.19. The van der Waals surface area contributed by atoms with Gasteiger partial charge in [-0.15, -0.1) is 0 Å². The first-order valence-electron chi connectivity index (χ1n) is 7.19. The molecule has 0 aromatic heterocycles. The van der Waals surface area contributed by atoms with Gasteiger partial charge in [0.2, 0.25) is 6.10 Å². The number of aliphatic hydroxyl groups is 1. The van der Waals surface area contributed by atoms with Gasteiger partial charge in [-0.2, -0.15) is 0 Å². The standard InChI is InChI=1S/C16H20O7/c1-4-21-15(19)12(17)13(16(20)22-5-2)23-14(18)11-8-6-10(3)7-9-11/h6-9,12-13,17H,4-5H2,1-3H3/t12-,13+/m0/s1. The molecule has 0 heterocycles. The Labute approximate surface area is 134 Å². The van der Waals surface area contributed by atoms with E-state index in [9.17, 15) is 19.5 Å². The molecule has 0 spiro atoms. The Hall–Kier alpha value is -2.41. The maximum atomic E-state index is 12.1. The van der Waals surface area contributed by atoms with Crippen molar-refractivity contribution in [1.29, 1.82) is 0 Å². The van der Waals surface area contributed by atoms with E-state index < -0.39 is 30.1 Å². The zero-order chi connectivity index (χ0) is 17.4. The number of rotatable bonds is 7. The van der Waals surface area contributed by atoms with Gasteiger partial charge in [-0.1, -0.05) is 17.7 Å². The number of carbonyl (C=O) groups is 3. The summed E-state index contributed by atoms with van der Waals surface area (Å²) in [4.78, 5) is 35.5. The molecule has 23 heavy (non-hydrogen) atoms. The van der Waals surface area contributed by atoms with Crippen molar-refractivity contribution in [2.24, 2.45) is 0 Å². The highest BCUT2D eigenvalue weighted by molar-refractivity contribution is 5.93. The molecule has 0 aliphatic carbocycles. The lowest BCUT2D eigenvalue weighted by Crippen LogP contribution is -2.44. The number of ether oxygens (including phenoxy) is 3. The van der Waals surface area contributed by atoms with Gasteiger partial charge in [0.15, 0.2) is 6.10 Å². The molecule has 7 nitrogen and oxygen atoms in total. The molecular formula is C16H20O7. The van der Waals surface area contributed by atoms with E-state index in [1.807, 2.05) is 6.92 Å². The van der Waals surface area contributed by atoms with Gasteiger partial charge in [-0.3, -0.25) is 0 Å². The van der Waals surface area contributed by atoms with Gasteiger partial charge in [0.25, 0.3) is 0 Å². The van der Waals surface area contributed by atoms with Crippen LogP contribution in [0.5, 0.6) is 0 Å². The molecule has 126 valence electrons. The van der Waals surface area contributed by atoms with Gasteiger partial charge >= 0.3 is 17.9 Å². The summed E-state index contributed by atoms with van der Waals surface area (Å²) in [5.74, 6) is -2.94. The Balaban J connectivity index is 2.91. The van der Waals surface area contributed by atoms with Crippen molar-refractivity contribution in [3.63, 3.8) is 0 Å². The molecule has 0 saturated carbocycles. The Morgan fingerprint density at radius 1 is 1.00 bits per heavy atom. The zero-order valence-electron chi connectivity index (χ0n) is 13.3. The average Bonchev–Trinajstić information content (AvgIpc) is 2.52. The van der Waals surface area contributed by atoms with Crippen LogP contribution >= 0.6 is 0 Å². The van der Waals surface area contributed by atoms with Crippen LogP contribution < -0.4 is 0 Å². The van der Waals surface area contributed by atoms with Crippen molar-refractivity contribution >= 4 is 17.9 Å². The van der Waals surface area contributed by atoms with Crippen LogP contribution in [0.25, 0.3) is 0 Å². The SMILES string of the molecule is CCOC(=O)[C@@H](O)[C@@H](OC(=O)c1ccc(C)cc1)C(=O)OCC. The predicted molar refractivity (Wildman–Crippen MR) is 79.7 cm³/mol. The summed E-state index contributed by atoms with van der Waals surface area (Å²) in [5.41, 5.74) is 1.12. The highest BCUT2D eigenvalue weighted by Gasteiger charge is 2.38. The van der Waals surface area contributed by atoms with Crippen LogP contribution in [0, 0.1) is 6.92 Å². The van der Waals surface area contributed by atoms with Crippen LogP contribution in [0.2, 0.25) is 0 Å². The smallest absolute Gasteiger partial charge is 0.350 e. The van der Waals surface area contributed by atoms with E-state index in [-0.39, 0.29) is 18.8 Å². The lowest BCUT2D eigenvalue weighted by Gasteiger charge is -2.20. The number of hydrogen-bond acceptors (Lipinski definition) is 7. The highest BCUT2D eigenvalue weighted by atomic mass is 16.6. The minimum absolute atomic E-state index is 0.00691. The number of esters is 3. The molecule has 7 heteroatoms. The second-order valence-corrected chi connectivity index (χ2v) is 4.64. The third-order valence-corrected chi connectivity index (χ3v) is 2.86. The average molecular weight is 324 g/mol. The molecule has 1 aromatic rings. The Bertz CT molecular complexity index is 550. The van der Waals surface area contributed by atoms with Crippen molar-refractivity contribution < 1.29 is 33.7 Å². The van der Waals surface area contributed by atoms with Gasteiger partial charge in [-0.25, -0.2) is 14.4 Å². The van der Waals surface area contributed by atoms with E-state index in [1.165, 1.54) is 12.1 Å². The molecule has 2 atom stereocenters. The van der Waals surface area contributed by atoms with E-state index >= 15 is 0 Å². The number of aryl methyl sites for hydroxylation is 1. The third kappa shape index (κ3) is 5.37. The number of carbonyl (C=O) groups excluding carboxylic acids is 3. The quantitative estimate of drug-likeness (QED) is 0.590. The molecule has 0 amide bonds. The Kier molecular flexibility index (Phi) is 7.21. The van der Waals surface area contributed by atoms with Crippen molar-refractivity contribution in [1.82, 2.24) is 0 Å². The molecule has 1 aromatic carbocycles. The van der Waals surface area contributed by atoms with Crippen LogP contribution in [0.1, 0.15) is 29.8 Å². The van der Waals surface area contributed by atoms with E-state index in [4.69, 9.17) is 9.47 Å². The van der Waals surface area contributed by atoms with Crippen molar-refractivity contribution in [2.75, 3.05) is 13.2 Å². The molecule has 1 rings (SSSR count). The Morgan fingerprint density at radius 3 is 2.04 bits per heavy atom. The maximum Gasteiger partial charge on any atom is 0.350 e. The second kappa shape index (κ2) is 8.89. The fourth-order valence-corrected chi connectivity index (χ4v) is 1.69. The number of benzene rings is 1. The fourth-order valence-electron chi connectivity index (χ4n) is 1.69. The molecule has 0 aliphatic rings. The maximum absolute atomic E-state index is 12.1. The fraction of sp³-hybridized carbons (Fsp3) is 0.438. The molecule has 0 fully saturated rings. The van der Waals surface area contributed by atoms with Gasteiger partial charge < -0.3 is 19.3 Å². The summed E-state index contributed by atoms with van der Waals surface area (Å²) in [6, 6.07) is 6.41. The van der Waals surface area contributed by atoms with Crippen LogP contribution in [-0.4, -0.2) is 48.4 Å². The van der Waals surface area contributed by atoms with Gasteiger partial charge in [-0.05, 0) is 32.9 Å². The first kappa shape index (κ1) is 18.6. The first-order chi connectivity index (χ1) is 10.9. The van der Waals surface area contributed by atoms with Crippen molar-refractivity contribution in [3.05, 3.63) is 35.4 Å². The van der Waals surface area contributed by atoms with Gasteiger partial charge in [0, 0.05) is 0 Å². The lowest BCUT2D eigenvalue weighted by atomic mass is 10.1. The van der Waals surface area contributed by atoms with Crippen molar-refractivity contribution in [2.45, 2.75) is 33.0 Å². The molecular weight excluding hydrogens is 304 g/mol. The van der Waals surface area contributed by atoms with E-state index in [1.54, 1.807) is 26.0 Å². The molecule has 0 aliphatic heterocycles. The largest absolute Gasteiger partial charge is 0.464 e. The summed E-state index contributed by atoms with van der Waals surface area (Å²) in [7, 11) is 0. The third-order valence-electron chi connectivity index (χ3n) is 2.86. The summed E-state index contributed by atoms with van der Waals surface area (Å²) >= 11 is 0. The van der Waals surface area contributed by atoms with Gasteiger partial charge in [0.1, 0.15) is 0 Å². The molecule has 0 saturated heterocycles. The molecule has 0 bridgehead atoms. The topological polar surface area (TPSA) is 99.1 Å². The minimum atomic E-state index is -1.96. The molecule has 0 radical (unpaired) electrons.